The van der Waals surface area contributed by atoms with Gasteiger partial charge in [-0.2, -0.15) is 4.98 Å². The molecule has 0 spiro atoms. The SMILES string of the molecule is Nc1nc(NCCNc2nc(-c3ccc(Cl)cc3Cl)cc3nccn23)sc1[N+](=O)[O-]. The summed E-state index contributed by atoms with van der Waals surface area (Å²) in [7, 11) is 0. The van der Waals surface area contributed by atoms with Gasteiger partial charge in [0.2, 0.25) is 11.8 Å². The molecule has 0 saturated heterocycles. The van der Waals surface area contributed by atoms with Crippen LogP contribution in [0, 0.1) is 10.1 Å². The molecule has 0 bridgehead atoms. The molecule has 0 unspecified atom stereocenters. The summed E-state index contributed by atoms with van der Waals surface area (Å²) >= 11 is 13.2. The highest BCUT2D eigenvalue weighted by Crippen LogP contribution is 2.32. The van der Waals surface area contributed by atoms with E-state index >= 15 is 0 Å². The van der Waals surface area contributed by atoms with Gasteiger partial charge >= 0.3 is 5.00 Å². The van der Waals surface area contributed by atoms with Gasteiger partial charge in [-0.15, -0.1) is 0 Å². The number of imidazole rings is 1. The molecule has 4 N–H and O–H groups in total. The second-order valence-corrected chi connectivity index (χ2v) is 7.89. The van der Waals surface area contributed by atoms with Gasteiger partial charge in [0.05, 0.1) is 15.6 Å². The molecule has 0 saturated carbocycles. The second kappa shape index (κ2) is 8.30. The van der Waals surface area contributed by atoms with Crippen molar-refractivity contribution in [3.8, 4) is 11.3 Å². The Morgan fingerprint density at radius 1 is 1.20 bits per heavy atom. The first-order valence-electron chi connectivity index (χ1n) is 8.60. The van der Waals surface area contributed by atoms with Crippen molar-refractivity contribution in [2.45, 2.75) is 0 Å². The Morgan fingerprint density at radius 2 is 2.00 bits per heavy atom. The van der Waals surface area contributed by atoms with Gasteiger partial charge in [0, 0.05) is 42.1 Å². The lowest BCUT2D eigenvalue weighted by Crippen LogP contribution is -2.16. The molecule has 4 aromatic rings. The number of anilines is 3. The van der Waals surface area contributed by atoms with Crippen molar-refractivity contribution < 1.29 is 4.92 Å². The molecule has 1 aromatic carbocycles. The first-order chi connectivity index (χ1) is 14.4. The standard InChI is InChI=1S/C17H14Cl2N8O2S/c18-9-1-2-10(11(19)7-9)12-8-13-21-5-6-26(13)16(24-12)22-3-4-23-17-25-14(20)15(30-17)27(28)29/h1-2,5-8H,3-4,20H2,(H,22,24)(H,23,25). The Morgan fingerprint density at radius 3 is 2.73 bits per heavy atom. The van der Waals surface area contributed by atoms with Crippen LogP contribution in [0.4, 0.5) is 21.9 Å². The molecule has 0 aliphatic heterocycles. The maximum atomic E-state index is 10.9. The molecular formula is C17H14Cl2N8O2S. The van der Waals surface area contributed by atoms with Crippen LogP contribution < -0.4 is 16.4 Å². The smallest absolute Gasteiger partial charge is 0.369 e. The van der Waals surface area contributed by atoms with Crippen LogP contribution in [0.15, 0.2) is 36.7 Å². The summed E-state index contributed by atoms with van der Waals surface area (Å²) in [5.74, 6) is 0.465. The number of thiazole rings is 1. The number of benzene rings is 1. The van der Waals surface area contributed by atoms with Gasteiger partial charge in [0.25, 0.3) is 0 Å². The lowest BCUT2D eigenvalue weighted by molar-refractivity contribution is -0.379. The number of nitrogens with two attached hydrogens (primary N) is 1. The molecule has 0 aliphatic carbocycles. The highest BCUT2D eigenvalue weighted by Gasteiger charge is 2.18. The van der Waals surface area contributed by atoms with E-state index in [2.05, 4.69) is 25.6 Å². The summed E-state index contributed by atoms with van der Waals surface area (Å²) in [5, 5.41) is 18.3. The van der Waals surface area contributed by atoms with Crippen LogP contribution in [0.2, 0.25) is 10.0 Å². The van der Waals surface area contributed by atoms with E-state index < -0.39 is 4.92 Å². The molecule has 0 aliphatic rings. The third kappa shape index (κ3) is 4.08. The van der Waals surface area contributed by atoms with Crippen molar-refractivity contribution in [2.24, 2.45) is 0 Å². The fourth-order valence-corrected chi connectivity index (χ4v) is 3.99. The van der Waals surface area contributed by atoms with Crippen LogP contribution in [0.25, 0.3) is 16.9 Å². The van der Waals surface area contributed by atoms with Crippen LogP contribution in [0.1, 0.15) is 0 Å². The van der Waals surface area contributed by atoms with E-state index in [9.17, 15) is 10.1 Å². The molecule has 3 aromatic heterocycles. The summed E-state index contributed by atoms with van der Waals surface area (Å²) < 4.78 is 1.81. The Hall–Kier alpha value is -3.15. The van der Waals surface area contributed by atoms with Gasteiger partial charge in [0.15, 0.2) is 5.13 Å². The summed E-state index contributed by atoms with van der Waals surface area (Å²) in [5.41, 5.74) is 7.62. The topological polar surface area (TPSA) is 136 Å². The van der Waals surface area contributed by atoms with Crippen molar-refractivity contribution in [2.75, 3.05) is 29.5 Å². The molecule has 0 radical (unpaired) electrons. The van der Waals surface area contributed by atoms with Crippen molar-refractivity contribution in [1.29, 1.82) is 0 Å². The third-order valence-electron chi connectivity index (χ3n) is 4.08. The van der Waals surface area contributed by atoms with Gasteiger partial charge in [-0.05, 0) is 29.5 Å². The van der Waals surface area contributed by atoms with E-state index in [1.54, 1.807) is 35.0 Å². The molecule has 154 valence electrons. The zero-order valence-electron chi connectivity index (χ0n) is 15.2. The number of nitrogens with zero attached hydrogens (tertiary/aromatic N) is 5. The minimum Gasteiger partial charge on any atom is -0.377 e. The van der Waals surface area contributed by atoms with E-state index in [-0.39, 0.29) is 10.8 Å². The van der Waals surface area contributed by atoms with E-state index in [4.69, 9.17) is 28.9 Å². The van der Waals surface area contributed by atoms with Gasteiger partial charge < -0.3 is 16.4 Å². The quantitative estimate of drug-likeness (QED) is 0.210. The van der Waals surface area contributed by atoms with Crippen molar-refractivity contribution >= 4 is 62.1 Å². The van der Waals surface area contributed by atoms with Crippen LogP contribution in [-0.4, -0.2) is 37.4 Å². The lowest BCUT2D eigenvalue weighted by Gasteiger charge is -2.11. The molecule has 30 heavy (non-hydrogen) atoms. The highest BCUT2D eigenvalue weighted by atomic mass is 35.5. The van der Waals surface area contributed by atoms with E-state index in [0.717, 1.165) is 16.9 Å². The molecule has 3 heterocycles. The average molecular weight is 465 g/mol. The Balaban J connectivity index is 1.50. The van der Waals surface area contributed by atoms with Crippen LogP contribution in [-0.2, 0) is 0 Å². The van der Waals surface area contributed by atoms with E-state index in [0.29, 0.717) is 45.6 Å². The van der Waals surface area contributed by atoms with Gasteiger partial charge in [-0.1, -0.05) is 23.2 Å². The number of halogens is 2. The number of nitrogens with one attached hydrogen (secondary N) is 2. The third-order valence-corrected chi connectivity index (χ3v) is 5.61. The Kier molecular flexibility index (Phi) is 5.57. The molecule has 0 atom stereocenters. The van der Waals surface area contributed by atoms with Crippen molar-refractivity contribution in [1.82, 2.24) is 19.4 Å². The molecular weight excluding hydrogens is 451 g/mol. The van der Waals surface area contributed by atoms with Crippen LogP contribution in [0.5, 0.6) is 0 Å². The number of hydrogen-bond donors (Lipinski definition) is 3. The zero-order chi connectivity index (χ0) is 21.3. The monoisotopic (exact) mass is 464 g/mol. The maximum Gasteiger partial charge on any atom is 0.369 e. The summed E-state index contributed by atoms with van der Waals surface area (Å²) in [4.78, 5) is 23.2. The number of aromatic nitrogens is 4. The van der Waals surface area contributed by atoms with Crippen molar-refractivity contribution in [3.63, 3.8) is 0 Å². The minimum atomic E-state index is -0.552. The lowest BCUT2D eigenvalue weighted by atomic mass is 10.1. The largest absolute Gasteiger partial charge is 0.377 e. The second-order valence-electron chi connectivity index (χ2n) is 6.06. The Bertz CT molecular complexity index is 1240. The normalized spacial score (nSPS) is 11.0. The Labute approximate surface area is 183 Å². The minimum absolute atomic E-state index is 0.102. The first kappa shape index (κ1) is 20.1. The molecule has 10 nitrogen and oxygen atoms in total. The van der Waals surface area contributed by atoms with E-state index in [1.807, 2.05) is 6.07 Å². The summed E-state index contributed by atoms with van der Waals surface area (Å²) in [6.07, 6.45) is 3.46. The fourth-order valence-electron chi connectivity index (χ4n) is 2.76. The molecule has 0 amide bonds. The fraction of sp³-hybridized carbons (Fsp3) is 0.118. The highest BCUT2D eigenvalue weighted by molar-refractivity contribution is 7.19. The molecule has 0 fully saturated rings. The first-order valence-corrected chi connectivity index (χ1v) is 10.2. The maximum absolute atomic E-state index is 10.9. The number of hydrogen-bond acceptors (Lipinski definition) is 9. The average Bonchev–Trinajstić information content (AvgIpc) is 3.31. The van der Waals surface area contributed by atoms with Crippen LogP contribution in [0.3, 0.4) is 0 Å². The number of fused-ring (bicyclic) bond motifs is 1. The molecule has 4 rings (SSSR count). The van der Waals surface area contributed by atoms with Crippen LogP contribution >= 0.6 is 34.5 Å². The van der Waals surface area contributed by atoms with Gasteiger partial charge in [-0.3, -0.25) is 14.5 Å². The van der Waals surface area contributed by atoms with Crippen molar-refractivity contribution in [3.05, 3.63) is 56.8 Å². The predicted molar refractivity (Wildman–Crippen MR) is 119 cm³/mol. The van der Waals surface area contributed by atoms with Gasteiger partial charge in [-0.25, -0.2) is 9.97 Å². The zero-order valence-corrected chi connectivity index (χ0v) is 17.5. The number of rotatable bonds is 7. The van der Waals surface area contributed by atoms with E-state index in [1.165, 1.54) is 0 Å². The predicted octanol–water partition coefficient (Wildman–Crippen LogP) is 4.17. The summed E-state index contributed by atoms with van der Waals surface area (Å²) in [6.45, 7) is 0.902. The summed E-state index contributed by atoms with van der Waals surface area (Å²) in [6, 6.07) is 7.04. The molecule has 13 heteroatoms. The number of nitro groups is 1. The van der Waals surface area contributed by atoms with Gasteiger partial charge in [0.1, 0.15) is 5.65 Å². The number of nitrogen functional groups attached to an aromatic ring is 1.